The van der Waals surface area contributed by atoms with E-state index in [1.807, 2.05) is 68.1 Å². The van der Waals surface area contributed by atoms with Crippen LogP contribution in [0.1, 0.15) is 65.0 Å². The van der Waals surface area contributed by atoms with Crippen molar-refractivity contribution in [3.05, 3.63) is 59.7 Å². The molecule has 1 heterocycles. The van der Waals surface area contributed by atoms with E-state index in [-0.39, 0.29) is 22.8 Å². The first-order valence-electron chi connectivity index (χ1n) is 12.3. The van der Waals surface area contributed by atoms with E-state index in [2.05, 4.69) is 19.9 Å². The molecule has 3 unspecified atom stereocenters. The van der Waals surface area contributed by atoms with E-state index in [4.69, 9.17) is 14.2 Å². The van der Waals surface area contributed by atoms with Gasteiger partial charge in [0, 0.05) is 32.4 Å². The monoisotopic (exact) mass is 481 g/mol. The Balaban J connectivity index is 1.89. The highest BCUT2D eigenvalue weighted by Gasteiger charge is 2.46. The summed E-state index contributed by atoms with van der Waals surface area (Å²) in [7, 11) is 1.64. The molecule has 0 bridgehead atoms. The van der Waals surface area contributed by atoms with Gasteiger partial charge in [0.1, 0.15) is 5.60 Å². The Morgan fingerprint density at radius 2 is 1.80 bits per heavy atom. The molecule has 1 aliphatic heterocycles. The minimum atomic E-state index is -0.842. The Hall–Kier alpha value is -3.02. The lowest BCUT2D eigenvalue weighted by Gasteiger charge is -2.30. The number of hydrogen-bond donors (Lipinski definition) is 0. The van der Waals surface area contributed by atoms with Gasteiger partial charge < -0.3 is 19.1 Å². The van der Waals surface area contributed by atoms with Crippen LogP contribution < -0.4 is 9.47 Å². The maximum absolute atomic E-state index is 13.6. The number of rotatable bonds is 8. The fraction of sp³-hybridized carbons (Fsp3) is 0.517. The predicted octanol–water partition coefficient (Wildman–Crippen LogP) is 5.39. The van der Waals surface area contributed by atoms with Crippen molar-refractivity contribution in [2.45, 2.75) is 72.0 Å². The number of amides is 1. The molecule has 0 radical (unpaired) electrons. The van der Waals surface area contributed by atoms with Crippen molar-refractivity contribution in [2.75, 3.05) is 20.2 Å². The van der Waals surface area contributed by atoms with Gasteiger partial charge in [-0.25, -0.2) is 0 Å². The molecule has 0 saturated carbocycles. The van der Waals surface area contributed by atoms with Crippen molar-refractivity contribution in [3.63, 3.8) is 0 Å². The first-order valence-corrected chi connectivity index (χ1v) is 12.3. The lowest BCUT2D eigenvalue weighted by Crippen LogP contribution is -2.42. The molecule has 1 fully saturated rings. The van der Waals surface area contributed by atoms with Gasteiger partial charge in [-0.2, -0.15) is 0 Å². The first-order chi connectivity index (χ1) is 16.5. The SMILES string of the molecule is CCC1(C)CN(C(=O)C(Cc2ccccc2)OC(C)=O)CC1c1ccc(OC)c(OC(C)(C)C)c1. The number of nitrogens with zero attached hydrogens (tertiary/aromatic N) is 1. The van der Waals surface area contributed by atoms with Crippen molar-refractivity contribution in [3.8, 4) is 11.5 Å². The molecule has 0 spiro atoms. The molecular weight excluding hydrogens is 442 g/mol. The zero-order valence-electron chi connectivity index (χ0n) is 22.1. The topological polar surface area (TPSA) is 65.1 Å². The summed E-state index contributed by atoms with van der Waals surface area (Å²) in [6.07, 6.45) is 0.417. The highest BCUT2D eigenvalue weighted by atomic mass is 16.5. The summed E-state index contributed by atoms with van der Waals surface area (Å²) in [6.45, 7) is 12.9. The third kappa shape index (κ3) is 6.56. The Kier molecular flexibility index (Phi) is 8.14. The van der Waals surface area contributed by atoms with E-state index in [0.29, 0.717) is 31.0 Å². The molecule has 3 atom stereocenters. The van der Waals surface area contributed by atoms with Crippen LogP contribution in [-0.2, 0) is 20.7 Å². The van der Waals surface area contributed by atoms with Crippen LogP contribution in [0.3, 0.4) is 0 Å². The molecule has 6 nitrogen and oxygen atoms in total. The zero-order valence-corrected chi connectivity index (χ0v) is 22.1. The Bertz CT molecular complexity index is 1030. The van der Waals surface area contributed by atoms with Crippen LogP contribution in [-0.4, -0.2) is 48.7 Å². The molecule has 2 aromatic rings. The van der Waals surface area contributed by atoms with E-state index >= 15 is 0 Å². The second-order valence-electron chi connectivity index (χ2n) is 10.7. The number of likely N-dealkylation sites (tertiary alicyclic amines) is 1. The van der Waals surface area contributed by atoms with E-state index in [9.17, 15) is 9.59 Å². The smallest absolute Gasteiger partial charge is 0.303 e. The van der Waals surface area contributed by atoms with Crippen LogP contribution in [0.4, 0.5) is 0 Å². The molecule has 1 saturated heterocycles. The van der Waals surface area contributed by atoms with Crippen LogP contribution in [0.25, 0.3) is 0 Å². The number of hydrogen-bond acceptors (Lipinski definition) is 5. The van der Waals surface area contributed by atoms with Gasteiger partial charge in [0.15, 0.2) is 17.6 Å². The highest BCUT2D eigenvalue weighted by Crippen LogP contribution is 2.47. The molecule has 190 valence electrons. The van der Waals surface area contributed by atoms with Crippen molar-refractivity contribution in [1.82, 2.24) is 4.90 Å². The molecule has 1 amide bonds. The van der Waals surface area contributed by atoms with Crippen LogP contribution in [0.2, 0.25) is 0 Å². The van der Waals surface area contributed by atoms with Crippen LogP contribution in [0.5, 0.6) is 11.5 Å². The Morgan fingerprint density at radius 3 is 2.37 bits per heavy atom. The van der Waals surface area contributed by atoms with Gasteiger partial charge in [-0.05, 0) is 55.9 Å². The summed E-state index contributed by atoms with van der Waals surface area (Å²) in [5, 5.41) is 0. The minimum Gasteiger partial charge on any atom is -0.493 e. The lowest BCUT2D eigenvalue weighted by molar-refractivity contribution is -0.158. The number of carbonyl (C=O) groups is 2. The average molecular weight is 482 g/mol. The second kappa shape index (κ2) is 10.7. The van der Waals surface area contributed by atoms with Crippen molar-refractivity contribution >= 4 is 11.9 Å². The van der Waals surface area contributed by atoms with Crippen molar-refractivity contribution in [1.29, 1.82) is 0 Å². The molecule has 35 heavy (non-hydrogen) atoms. The highest BCUT2D eigenvalue weighted by molar-refractivity contribution is 5.84. The van der Waals surface area contributed by atoms with E-state index in [1.165, 1.54) is 6.92 Å². The van der Waals surface area contributed by atoms with Crippen molar-refractivity contribution < 1.29 is 23.8 Å². The molecule has 2 aromatic carbocycles. The number of methoxy groups -OCH3 is 1. The summed E-state index contributed by atoms with van der Waals surface area (Å²) >= 11 is 0. The van der Waals surface area contributed by atoms with Gasteiger partial charge in [-0.15, -0.1) is 0 Å². The standard InChI is InChI=1S/C29H39NO5/c1-8-29(6)19-30(27(32)26(34-20(2)31)16-21-12-10-9-11-13-21)18-23(29)22-14-15-24(33-7)25(17-22)35-28(3,4)5/h9-15,17,23,26H,8,16,18-19H2,1-7H3. The summed E-state index contributed by atoms with van der Waals surface area (Å²) in [4.78, 5) is 27.3. The fourth-order valence-electron chi connectivity index (χ4n) is 4.82. The predicted molar refractivity (Wildman–Crippen MR) is 137 cm³/mol. The van der Waals surface area contributed by atoms with Gasteiger partial charge in [-0.3, -0.25) is 9.59 Å². The molecule has 0 N–H and O–H groups in total. The van der Waals surface area contributed by atoms with Gasteiger partial charge >= 0.3 is 5.97 Å². The van der Waals surface area contributed by atoms with E-state index in [0.717, 1.165) is 17.5 Å². The van der Waals surface area contributed by atoms with Crippen LogP contribution in [0.15, 0.2) is 48.5 Å². The molecule has 1 aliphatic rings. The summed E-state index contributed by atoms with van der Waals surface area (Å²) in [6, 6.07) is 15.7. The molecule has 6 heteroatoms. The summed E-state index contributed by atoms with van der Waals surface area (Å²) in [5.41, 5.74) is 1.57. The van der Waals surface area contributed by atoms with Gasteiger partial charge in [0.2, 0.25) is 0 Å². The maximum atomic E-state index is 13.6. The van der Waals surface area contributed by atoms with Gasteiger partial charge in [-0.1, -0.05) is 50.2 Å². The molecule has 0 aliphatic carbocycles. The van der Waals surface area contributed by atoms with Crippen LogP contribution >= 0.6 is 0 Å². The fourth-order valence-corrected chi connectivity index (χ4v) is 4.82. The number of carbonyl (C=O) groups excluding carboxylic acids is 2. The Morgan fingerprint density at radius 1 is 1.11 bits per heavy atom. The zero-order chi connectivity index (χ0) is 25.8. The minimum absolute atomic E-state index is 0.111. The largest absolute Gasteiger partial charge is 0.493 e. The van der Waals surface area contributed by atoms with E-state index in [1.54, 1.807) is 7.11 Å². The number of ether oxygens (including phenoxy) is 3. The number of benzene rings is 2. The summed E-state index contributed by atoms with van der Waals surface area (Å²) in [5.74, 6) is 0.894. The second-order valence-corrected chi connectivity index (χ2v) is 10.7. The first kappa shape index (κ1) is 26.6. The summed E-state index contributed by atoms with van der Waals surface area (Å²) < 4.78 is 17.2. The maximum Gasteiger partial charge on any atom is 0.303 e. The molecular formula is C29H39NO5. The third-order valence-electron chi connectivity index (χ3n) is 6.77. The normalized spacial score (nSPS) is 20.9. The van der Waals surface area contributed by atoms with Crippen LogP contribution in [0, 0.1) is 5.41 Å². The quantitative estimate of drug-likeness (QED) is 0.473. The average Bonchev–Trinajstić information content (AvgIpc) is 3.15. The lowest BCUT2D eigenvalue weighted by atomic mass is 9.74. The third-order valence-corrected chi connectivity index (χ3v) is 6.77. The van der Waals surface area contributed by atoms with Crippen molar-refractivity contribution in [2.24, 2.45) is 5.41 Å². The van der Waals surface area contributed by atoms with Gasteiger partial charge in [0.05, 0.1) is 7.11 Å². The van der Waals surface area contributed by atoms with Gasteiger partial charge in [0.25, 0.3) is 5.91 Å². The Labute approximate surface area is 209 Å². The molecule has 3 rings (SSSR count). The number of esters is 1. The van der Waals surface area contributed by atoms with E-state index < -0.39 is 12.1 Å². The molecule has 0 aromatic heterocycles.